The third kappa shape index (κ3) is 3.14. The molecule has 4 aromatic rings. The number of rotatable bonds is 4. The van der Waals surface area contributed by atoms with E-state index in [9.17, 15) is 4.79 Å². The number of pyridine rings is 1. The summed E-state index contributed by atoms with van der Waals surface area (Å²) in [5, 5.41) is 12.3. The van der Waals surface area contributed by atoms with Crippen molar-refractivity contribution in [3.63, 3.8) is 0 Å². The van der Waals surface area contributed by atoms with Crippen molar-refractivity contribution >= 4 is 28.7 Å². The molecule has 0 saturated heterocycles. The van der Waals surface area contributed by atoms with Gasteiger partial charge in [-0.15, -0.1) is 11.3 Å². The van der Waals surface area contributed by atoms with Gasteiger partial charge in [0.1, 0.15) is 22.3 Å². The van der Waals surface area contributed by atoms with E-state index >= 15 is 0 Å². The van der Waals surface area contributed by atoms with Gasteiger partial charge in [-0.25, -0.2) is 14.6 Å². The molecule has 3 N–H and O–H groups in total. The zero-order valence-electron chi connectivity index (χ0n) is 16.6. The van der Waals surface area contributed by atoms with Gasteiger partial charge in [0.15, 0.2) is 0 Å². The van der Waals surface area contributed by atoms with Crippen LogP contribution in [0.5, 0.6) is 0 Å². The minimum atomic E-state index is -0.162. The molecule has 0 saturated carbocycles. The Bertz CT molecular complexity index is 1290. The second-order valence-electron chi connectivity index (χ2n) is 7.33. The second kappa shape index (κ2) is 7.06. The Kier molecular flexibility index (Phi) is 4.35. The first-order valence-corrected chi connectivity index (χ1v) is 10.3. The number of H-pyrrole nitrogens is 1. The maximum absolute atomic E-state index is 13.2. The molecule has 4 aromatic heterocycles. The molecule has 30 heavy (non-hydrogen) atoms. The molecule has 5 rings (SSSR count). The SMILES string of the molecule is Cc1ccc(Cn2ncc3c(c2=O)N(C)c2nc(Cc4ccn[nH]4)sc2C3)nc1N. The van der Waals surface area contributed by atoms with Crippen molar-refractivity contribution in [2.24, 2.45) is 0 Å². The van der Waals surface area contributed by atoms with E-state index in [0.29, 0.717) is 30.0 Å². The van der Waals surface area contributed by atoms with E-state index in [0.717, 1.165) is 32.5 Å². The molecule has 0 atom stereocenters. The van der Waals surface area contributed by atoms with E-state index in [1.54, 1.807) is 23.7 Å². The van der Waals surface area contributed by atoms with Gasteiger partial charge < -0.3 is 10.6 Å². The lowest BCUT2D eigenvalue weighted by Gasteiger charge is -2.25. The van der Waals surface area contributed by atoms with E-state index in [4.69, 9.17) is 10.7 Å². The van der Waals surface area contributed by atoms with Gasteiger partial charge in [-0.1, -0.05) is 6.07 Å². The summed E-state index contributed by atoms with van der Waals surface area (Å²) in [4.78, 5) is 25.4. The topological polar surface area (TPSA) is 119 Å². The molecule has 0 amide bonds. The van der Waals surface area contributed by atoms with Crippen LogP contribution in [0.1, 0.15) is 32.4 Å². The number of nitrogens with two attached hydrogens (primary N) is 1. The summed E-state index contributed by atoms with van der Waals surface area (Å²) in [6.45, 7) is 2.16. The van der Waals surface area contributed by atoms with Crippen molar-refractivity contribution < 1.29 is 0 Å². The number of hydrogen-bond acceptors (Lipinski definition) is 8. The summed E-state index contributed by atoms with van der Waals surface area (Å²) in [5.74, 6) is 1.29. The molecule has 0 radical (unpaired) electrons. The number of aryl methyl sites for hydroxylation is 1. The fraction of sp³-hybridized carbons (Fsp3) is 0.250. The summed E-state index contributed by atoms with van der Waals surface area (Å²) in [6.07, 6.45) is 4.83. The quantitative estimate of drug-likeness (QED) is 0.518. The second-order valence-corrected chi connectivity index (χ2v) is 8.50. The zero-order valence-corrected chi connectivity index (χ0v) is 17.4. The van der Waals surface area contributed by atoms with Crippen LogP contribution in [0.25, 0.3) is 0 Å². The van der Waals surface area contributed by atoms with Gasteiger partial charge in [-0.2, -0.15) is 10.2 Å². The van der Waals surface area contributed by atoms with Crippen LogP contribution in [-0.4, -0.2) is 37.0 Å². The third-order valence-corrected chi connectivity index (χ3v) is 6.27. The molecule has 0 fully saturated rings. The van der Waals surface area contributed by atoms with E-state index < -0.39 is 0 Å². The Hall–Kier alpha value is -3.53. The summed E-state index contributed by atoms with van der Waals surface area (Å²) in [6, 6.07) is 5.70. The van der Waals surface area contributed by atoms with Crippen LogP contribution < -0.4 is 16.2 Å². The van der Waals surface area contributed by atoms with Crippen molar-refractivity contribution in [2.45, 2.75) is 26.3 Å². The van der Waals surface area contributed by atoms with Crippen molar-refractivity contribution in [3.05, 3.63) is 73.3 Å². The van der Waals surface area contributed by atoms with Crippen molar-refractivity contribution in [2.75, 3.05) is 17.7 Å². The van der Waals surface area contributed by atoms with E-state index in [1.165, 1.54) is 4.68 Å². The predicted molar refractivity (Wildman–Crippen MR) is 115 cm³/mol. The molecule has 0 bridgehead atoms. The van der Waals surface area contributed by atoms with Crippen LogP contribution in [0.3, 0.4) is 0 Å². The first-order chi connectivity index (χ1) is 14.5. The molecule has 10 heteroatoms. The van der Waals surface area contributed by atoms with Crippen LogP contribution >= 0.6 is 11.3 Å². The summed E-state index contributed by atoms with van der Waals surface area (Å²) < 4.78 is 1.43. The smallest absolute Gasteiger partial charge is 0.291 e. The van der Waals surface area contributed by atoms with Gasteiger partial charge in [-0.3, -0.25) is 9.89 Å². The monoisotopic (exact) mass is 420 g/mol. The maximum Gasteiger partial charge on any atom is 0.291 e. The highest BCUT2D eigenvalue weighted by Gasteiger charge is 2.28. The third-order valence-electron chi connectivity index (χ3n) is 5.22. The van der Waals surface area contributed by atoms with Gasteiger partial charge in [0.05, 0.1) is 23.3 Å². The molecule has 152 valence electrons. The number of nitrogen functional groups attached to an aromatic ring is 1. The molecular weight excluding hydrogens is 400 g/mol. The number of fused-ring (bicyclic) bond motifs is 2. The normalized spacial score (nSPS) is 12.7. The van der Waals surface area contributed by atoms with Crippen molar-refractivity contribution in [1.82, 2.24) is 29.9 Å². The number of hydrogen-bond donors (Lipinski definition) is 2. The number of nitrogens with one attached hydrogen (secondary N) is 1. The Morgan fingerprint density at radius 3 is 2.90 bits per heavy atom. The van der Waals surface area contributed by atoms with Crippen LogP contribution in [-0.2, 0) is 19.4 Å². The summed E-state index contributed by atoms with van der Waals surface area (Å²) >= 11 is 1.66. The molecule has 1 aliphatic rings. The highest BCUT2D eigenvalue weighted by Crippen LogP contribution is 2.38. The molecule has 9 nitrogen and oxygen atoms in total. The van der Waals surface area contributed by atoms with Gasteiger partial charge in [0.25, 0.3) is 5.56 Å². The number of thiazole rings is 1. The number of nitrogens with zero attached hydrogens (tertiary/aromatic N) is 6. The predicted octanol–water partition coefficient (Wildman–Crippen LogP) is 2.02. The lowest BCUT2D eigenvalue weighted by atomic mass is 10.1. The molecule has 1 aliphatic heterocycles. The van der Waals surface area contributed by atoms with E-state index in [1.807, 2.05) is 37.1 Å². The highest BCUT2D eigenvalue weighted by molar-refractivity contribution is 7.12. The maximum atomic E-state index is 13.2. The molecule has 0 aliphatic carbocycles. The first kappa shape index (κ1) is 18.5. The Morgan fingerprint density at radius 1 is 1.27 bits per heavy atom. The summed E-state index contributed by atoms with van der Waals surface area (Å²) in [7, 11) is 1.88. The number of anilines is 3. The molecule has 0 unspecified atom stereocenters. The van der Waals surface area contributed by atoms with Crippen LogP contribution in [0.15, 0.2) is 35.4 Å². The standard InChI is InChI=1S/C20H20N8OS/c1-11-3-4-14(24-18(11)21)10-28-20(29)17-12(9-23-28)7-15-19(27(17)2)25-16(30-15)8-13-5-6-22-26-13/h3-6,9H,7-8,10H2,1-2H3,(H2,21,24)(H,22,26). The molecular formula is C20H20N8OS. The number of aromatic amines is 1. The van der Waals surface area contributed by atoms with Crippen molar-refractivity contribution in [1.29, 1.82) is 0 Å². The zero-order chi connectivity index (χ0) is 20.8. The lowest BCUT2D eigenvalue weighted by molar-refractivity contribution is 0.623. The summed E-state index contributed by atoms with van der Waals surface area (Å²) in [5.41, 5.74) is 9.87. The van der Waals surface area contributed by atoms with Crippen LogP contribution in [0.2, 0.25) is 0 Å². The minimum absolute atomic E-state index is 0.162. The molecule has 0 aromatic carbocycles. The Labute approximate surface area is 176 Å². The van der Waals surface area contributed by atoms with Gasteiger partial charge in [-0.05, 0) is 24.6 Å². The van der Waals surface area contributed by atoms with E-state index in [2.05, 4.69) is 20.3 Å². The van der Waals surface area contributed by atoms with Crippen molar-refractivity contribution in [3.8, 4) is 0 Å². The first-order valence-electron chi connectivity index (χ1n) is 9.51. The molecule has 5 heterocycles. The van der Waals surface area contributed by atoms with Crippen LogP contribution in [0, 0.1) is 6.92 Å². The minimum Gasteiger partial charge on any atom is -0.383 e. The highest BCUT2D eigenvalue weighted by atomic mass is 32.1. The average molecular weight is 421 g/mol. The Morgan fingerprint density at radius 2 is 2.13 bits per heavy atom. The largest absolute Gasteiger partial charge is 0.383 e. The number of aromatic nitrogens is 6. The van der Waals surface area contributed by atoms with Gasteiger partial charge in [0, 0.05) is 37.3 Å². The van der Waals surface area contributed by atoms with Gasteiger partial charge >= 0.3 is 0 Å². The average Bonchev–Trinajstić information content (AvgIpc) is 3.37. The van der Waals surface area contributed by atoms with Gasteiger partial charge in [0.2, 0.25) is 0 Å². The van der Waals surface area contributed by atoms with Crippen LogP contribution in [0.4, 0.5) is 17.3 Å². The fourth-order valence-corrected chi connectivity index (χ4v) is 4.76. The molecule has 0 spiro atoms. The fourth-order valence-electron chi connectivity index (χ4n) is 3.61. The van der Waals surface area contributed by atoms with E-state index in [-0.39, 0.29) is 12.1 Å². The Balaban J connectivity index is 1.47. The lowest BCUT2D eigenvalue weighted by Crippen LogP contribution is -2.33.